The molecule has 1 aromatic heterocycles. The summed E-state index contributed by atoms with van der Waals surface area (Å²) in [7, 11) is 0. The first-order chi connectivity index (χ1) is 14.4. The molecule has 8 nitrogen and oxygen atoms in total. The second-order valence-electron chi connectivity index (χ2n) is 6.22. The van der Waals surface area contributed by atoms with Crippen LogP contribution >= 0.6 is 11.3 Å². The number of thiazole rings is 1. The zero-order valence-electron chi connectivity index (χ0n) is 15.9. The van der Waals surface area contributed by atoms with E-state index in [4.69, 9.17) is 0 Å². The maximum atomic E-state index is 12.9. The molecular weight excluding hydrogens is 409 g/mol. The molecule has 0 aliphatic rings. The van der Waals surface area contributed by atoms with Gasteiger partial charge in [-0.05, 0) is 42.5 Å². The Morgan fingerprint density at radius 3 is 2.33 bits per heavy atom. The van der Waals surface area contributed by atoms with E-state index >= 15 is 0 Å². The van der Waals surface area contributed by atoms with E-state index in [2.05, 4.69) is 26.3 Å². The molecule has 0 saturated heterocycles. The molecule has 0 radical (unpaired) electrons. The second kappa shape index (κ2) is 9.61. The molecule has 1 heterocycles. The Balaban J connectivity index is 1.52. The minimum atomic E-state index is -0.526. The van der Waals surface area contributed by atoms with Crippen molar-refractivity contribution in [1.82, 2.24) is 4.98 Å². The third kappa shape index (κ3) is 6.38. The van der Waals surface area contributed by atoms with E-state index in [1.165, 1.54) is 42.5 Å². The van der Waals surface area contributed by atoms with E-state index in [0.29, 0.717) is 27.9 Å². The third-order valence-electron chi connectivity index (χ3n) is 3.68. The number of rotatable bonds is 6. The van der Waals surface area contributed by atoms with Gasteiger partial charge in [0.25, 0.3) is 0 Å². The summed E-state index contributed by atoms with van der Waals surface area (Å²) in [4.78, 5) is 39.6. The number of nitrogens with one attached hydrogen (secondary N) is 4. The number of carbonyl (C=O) groups excluding carboxylic acids is 3. The number of halogens is 1. The molecule has 0 aliphatic heterocycles. The highest BCUT2D eigenvalue weighted by molar-refractivity contribution is 7.14. The number of urea groups is 1. The number of benzene rings is 2. The molecule has 0 saturated carbocycles. The van der Waals surface area contributed by atoms with Crippen molar-refractivity contribution in [3.63, 3.8) is 0 Å². The molecule has 2 aromatic carbocycles. The minimum Gasteiger partial charge on any atom is -0.326 e. The van der Waals surface area contributed by atoms with E-state index in [0.717, 1.165) is 0 Å². The summed E-state index contributed by atoms with van der Waals surface area (Å²) < 4.78 is 12.9. The van der Waals surface area contributed by atoms with Crippen molar-refractivity contribution in [1.29, 1.82) is 0 Å². The Bertz CT molecular complexity index is 1070. The number of amides is 4. The highest BCUT2D eigenvalue weighted by Crippen LogP contribution is 2.18. The SMILES string of the molecule is CC(=O)Nc1cccc(NC(=O)Cc2csc(NC(=O)Nc3ccc(F)cc3)n2)c1. The zero-order valence-corrected chi connectivity index (χ0v) is 16.7. The maximum Gasteiger partial charge on any atom is 0.325 e. The topological polar surface area (TPSA) is 112 Å². The van der Waals surface area contributed by atoms with E-state index in [1.807, 2.05) is 0 Å². The van der Waals surface area contributed by atoms with Crippen LogP contribution < -0.4 is 21.3 Å². The van der Waals surface area contributed by atoms with Crippen molar-refractivity contribution in [2.75, 3.05) is 21.3 Å². The number of carbonyl (C=O) groups is 3. The number of aromatic nitrogens is 1. The predicted octanol–water partition coefficient (Wildman–Crippen LogP) is 4.07. The standard InChI is InChI=1S/C20H18FN5O3S/c1-12(27)22-15-3-2-4-16(9-15)23-18(28)10-17-11-30-20(25-17)26-19(29)24-14-7-5-13(21)6-8-14/h2-9,11H,10H2,1H3,(H,22,27)(H,23,28)(H2,24,25,26,29). The second-order valence-corrected chi connectivity index (χ2v) is 7.08. The lowest BCUT2D eigenvalue weighted by molar-refractivity contribution is -0.116. The van der Waals surface area contributed by atoms with Gasteiger partial charge in [0.1, 0.15) is 5.82 Å². The van der Waals surface area contributed by atoms with Gasteiger partial charge in [0.15, 0.2) is 5.13 Å². The normalized spacial score (nSPS) is 10.2. The Hall–Kier alpha value is -3.79. The molecule has 30 heavy (non-hydrogen) atoms. The minimum absolute atomic E-state index is 0.0160. The van der Waals surface area contributed by atoms with Crippen LogP contribution in [0, 0.1) is 5.82 Å². The lowest BCUT2D eigenvalue weighted by Crippen LogP contribution is -2.19. The molecule has 3 aromatic rings. The molecule has 0 fully saturated rings. The molecule has 4 N–H and O–H groups in total. The summed E-state index contributed by atoms with van der Waals surface area (Å²) in [5.74, 6) is -0.891. The molecule has 3 rings (SSSR count). The molecule has 0 spiro atoms. The summed E-state index contributed by atoms with van der Waals surface area (Å²) in [6, 6.07) is 11.6. The molecule has 4 amide bonds. The summed E-state index contributed by atoms with van der Waals surface area (Å²) in [6.45, 7) is 1.40. The van der Waals surface area contributed by atoms with Gasteiger partial charge < -0.3 is 16.0 Å². The first-order valence-corrected chi connectivity index (χ1v) is 9.71. The zero-order chi connectivity index (χ0) is 21.5. The van der Waals surface area contributed by atoms with Gasteiger partial charge in [0.2, 0.25) is 11.8 Å². The highest BCUT2D eigenvalue weighted by Gasteiger charge is 2.11. The van der Waals surface area contributed by atoms with Crippen molar-refractivity contribution in [2.24, 2.45) is 0 Å². The van der Waals surface area contributed by atoms with Crippen molar-refractivity contribution in [2.45, 2.75) is 13.3 Å². The fraction of sp³-hybridized carbons (Fsp3) is 0.100. The molecule has 0 aliphatic carbocycles. The molecule has 0 bridgehead atoms. The van der Waals surface area contributed by atoms with Crippen LogP contribution in [0.1, 0.15) is 12.6 Å². The van der Waals surface area contributed by atoms with Crippen LogP contribution in [-0.4, -0.2) is 22.8 Å². The fourth-order valence-electron chi connectivity index (χ4n) is 2.49. The molecule has 10 heteroatoms. The number of nitrogens with zero attached hydrogens (tertiary/aromatic N) is 1. The van der Waals surface area contributed by atoms with Gasteiger partial charge in [0, 0.05) is 29.4 Å². The summed E-state index contributed by atoms with van der Waals surface area (Å²) in [5, 5.41) is 12.5. The Morgan fingerprint density at radius 1 is 0.933 bits per heavy atom. The van der Waals surface area contributed by atoms with Gasteiger partial charge in [-0.25, -0.2) is 14.2 Å². The number of hydrogen-bond donors (Lipinski definition) is 4. The average Bonchev–Trinajstić information content (AvgIpc) is 3.09. The van der Waals surface area contributed by atoms with Crippen LogP contribution in [0.4, 0.5) is 31.4 Å². The van der Waals surface area contributed by atoms with E-state index in [-0.39, 0.29) is 18.2 Å². The molecule has 154 valence electrons. The van der Waals surface area contributed by atoms with Crippen molar-refractivity contribution >= 4 is 51.4 Å². The van der Waals surface area contributed by atoms with Crippen LogP contribution in [-0.2, 0) is 16.0 Å². The average molecular weight is 427 g/mol. The number of anilines is 4. The lowest BCUT2D eigenvalue weighted by Gasteiger charge is -2.07. The molecular formula is C20H18FN5O3S. The van der Waals surface area contributed by atoms with Gasteiger partial charge >= 0.3 is 6.03 Å². The monoisotopic (exact) mass is 427 g/mol. The van der Waals surface area contributed by atoms with Gasteiger partial charge in [-0.1, -0.05) is 6.07 Å². The Morgan fingerprint density at radius 2 is 1.63 bits per heavy atom. The molecule has 0 atom stereocenters. The summed E-state index contributed by atoms with van der Waals surface area (Å²) >= 11 is 1.18. The van der Waals surface area contributed by atoms with Crippen molar-refractivity contribution in [3.05, 3.63) is 65.4 Å². The van der Waals surface area contributed by atoms with E-state index in [1.54, 1.807) is 29.6 Å². The summed E-state index contributed by atoms with van der Waals surface area (Å²) in [5.41, 5.74) is 2.05. The van der Waals surface area contributed by atoms with E-state index < -0.39 is 11.8 Å². The highest BCUT2D eigenvalue weighted by atomic mass is 32.1. The summed E-state index contributed by atoms with van der Waals surface area (Å²) in [6.07, 6.45) is 0.0160. The third-order valence-corrected chi connectivity index (χ3v) is 4.49. The lowest BCUT2D eigenvalue weighted by atomic mass is 10.2. The molecule has 0 unspecified atom stereocenters. The van der Waals surface area contributed by atoms with Gasteiger partial charge in [-0.2, -0.15) is 0 Å². The Labute approximate surface area is 175 Å². The fourth-order valence-corrected chi connectivity index (χ4v) is 3.19. The Kier molecular flexibility index (Phi) is 6.71. The van der Waals surface area contributed by atoms with Crippen LogP contribution in [0.2, 0.25) is 0 Å². The van der Waals surface area contributed by atoms with Gasteiger partial charge in [0.05, 0.1) is 12.1 Å². The van der Waals surface area contributed by atoms with Crippen LogP contribution in [0.5, 0.6) is 0 Å². The maximum absolute atomic E-state index is 12.9. The largest absolute Gasteiger partial charge is 0.326 e. The van der Waals surface area contributed by atoms with Gasteiger partial charge in [-0.3, -0.25) is 14.9 Å². The van der Waals surface area contributed by atoms with Crippen LogP contribution in [0.15, 0.2) is 53.9 Å². The first-order valence-electron chi connectivity index (χ1n) is 8.83. The first kappa shape index (κ1) is 20.9. The van der Waals surface area contributed by atoms with E-state index in [9.17, 15) is 18.8 Å². The van der Waals surface area contributed by atoms with Gasteiger partial charge in [-0.15, -0.1) is 11.3 Å². The smallest absolute Gasteiger partial charge is 0.325 e. The number of hydrogen-bond acceptors (Lipinski definition) is 5. The van der Waals surface area contributed by atoms with Crippen LogP contribution in [0.3, 0.4) is 0 Å². The van der Waals surface area contributed by atoms with Crippen molar-refractivity contribution < 1.29 is 18.8 Å². The van der Waals surface area contributed by atoms with Crippen molar-refractivity contribution in [3.8, 4) is 0 Å². The quantitative estimate of drug-likeness (QED) is 0.475. The van der Waals surface area contributed by atoms with Crippen LogP contribution in [0.25, 0.3) is 0 Å². The predicted molar refractivity (Wildman–Crippen MR) is 114 cm³/mol.